The van der Waals surface area contributed by atoms with Crippen molar-refractivity contribution < 1.29 is 14.0 Å². The molecule has 4 nitrogen and oxygen atoms in total. The van der Waals surface area contributed by atoms with Gasteiger partial charge in [0.2, 0.25) is 0 Å². The maximum absolute atomic E-state index is 13.8. The molecule has 0 spiro atoms. The van der Waals surface area contributed by atoms with Crippen molar-refractivity contribution in [3.8, 4) is 0 Å². The fraction of sp³-hybridized carbons (Fsp3) is 0.176. The summed E-state index contributed by atoms with van der Waals surface area (Å²) in [7, 11) is 0. The lowest BCUT2D eigenvalue weighted by molar-refractivity contribution is 0.0941. The molecule has 0 saturated heterocycles. The summed E-state index contributed by atoms with van der Waals surface area (Å²) >= 11 is 11.8. The van der Waals surface area contributed by atoms with E-state index in [4.69, 9.17) is 23.2 Å². The van der Waals surface area contributed by atoms with E-state index in [0.29, 0.717) is 5.56 Å². The highest BCUT2D eigenvalue weighted by molar-refractivity contribution is 6.34. The number of hydrogen-bond donors (Lipinski definition) is 2. The van der Waals surface area contributed by atoms with Crippen molar-refractivity contribution in [1.82, 2.24) is 5.32 Å². The number of amides is 2. The van der Waals surface area contributed by atoms with E-state index in [2.05, 4.69) is 10.6 Å². The largest absolute Gasteiger partial charge is 0.350 e. The number of hydrogen-bond acceptors (Lipinski definition) is 2. The molecular weight excluding hydrogens is 354 g/mol. The number of halogens is 3. The summed E-state index contributed by atoms with van der Waals surface area (Å²) in [4.78, 5) is 24.3. The third-order valence-corrected chi connectivity index (χ3v) is 3.63. The zero-order valence-electron chi connectivity index (χ0n) is 13.0. The Morgan fingerprint density at radius 2 is 1.75 bits per heavy atom. The van der Waals surface area contributed by atoms with Crippen LogP contribution in [-0.2, 0) is 0 Å². The number of rotatable bonds is 4. The smallest absolute Gasteiger partial charge is 0.258 e. The summed E-state index contributed by atoms with van der Waals surface area (Å²) in [6.07, 6.45) is 0. The minimum atomic E-state index is -0.710. The van der Waals surface area contributed by atoms with Gasteiger partial charge in [0.1, 0.15) is 5.82 Å². The van der Waals surface area contributed by atoms with Crippen LogP contribution in [0.3, 0.4) is 0 Å². The van der Waals surface area contributed by atoms with Gasteiger partial charge in [-0.2, -0.15) is 0 Å². The van der Waals surface area contributed by atoms with E-state index >= 15 is 0 Å². The van der Waals surface area contributed by atoms with Crippen LogP contribution < -0.4 is 10.6 Å². The standard InChI is InChI=1S/C17H15Cl2FN2O2/c1-9(2)21-16(23)10-3-5-13(19)15(7-10)22-17(24)12-8-11(18)4-6-14(12)20/h3-9H,1-2H3,(H,21,23)(H,22,24). The van der Waals surface area contributed by atoms with E-state index in [1.54, 1.807) is 0 Å². The first kappa shape index (κ1) is 18.2. The Morgan fingerprint density at radius 1 is 1.04 bits per heavy atom. The molecule has 126 valence electrons. The van der Waals surface area contributed by atoms with Gasteiger partial charge < -0.3 is 10.6 Å². The molecule has 2 aromatic carbocycles. The molecule has 0 atom stereocenters. The van der Waals surface area contributed by atoms with Gasteiger partial charge in [0.25, 0.3) is 11.8 Å². The van der Waals surface area contributed by atoms with E-state index in [-0.39, 0.29) is 33.2 Å². The van der Waals surface area contributed by atoms with E-state index in [1.807, 2.05) is 13.8 Å². The minimum absolute atomic E-state index is 0.0354. The van der Waals surface area contributed by atoms with Gasteiger partial charge in [-0.05, 0) is 50.2 Å². The maximum atomic E-state index is 13.8. The number of carbonyl (C=O) groups excluding carboxylic acids is 2. The average molecular weight is 369 g/mol. The third kappa shape index (κ3) is 4.46. The van der Waals surface area contributed by atoms with Crippen LogP contribution in [-0.4, -0.2) is 17.9 Å². The van der Waals surface area contributed by atoms with Crippen molar-refractivity contribution in [3.05, 3.63) is 63.4 Å². The second-order valence-electron chi connectivity index (χ2n) is 5.40. The summed E-state index contributed by atoms with van der Waals surface area (Å²) in [6.45, 7) is 3.66. The summed E-state index contributed by atoms with van der Waals surface area (Å²) in [5.41, 5.74) is 0.322. The van der Waals surface area contributed by atoms with E-state index < -0.39 is 11.7 Å². The fourth-order valence-corrected chi connectivity index (χ4v) is 2.31. The van der Waals surface area contributed by atoms with Crippen LogP contribution in [0.25, 0.3) is 0 Å². The fourth-order valence-electron chi connectivity index (χ4n) is 1.97. The molecule has 2 amide bonds. The number of benzene rings is 2. The van der Waals surface area contributed by atoms with Crippen LogP contribution >= 0.6 is 23.2 Å². The molecule has 2 N–H and O–H groups in total. The highest BCUT2D eigenvalue weighted by Gasteiger charge is 2.16. The quantitative estimate of drug-likeness (QED) is 0.832. The first-order chi connectivity index (χ1) is 11.3. The lowest BCUT2D eigenvalue weighted by atomic mass is 10.1. The molecule has 2 rings (SSSR count). The van der Waals surface area contributed by atoms with E-state index in [0.717, 1.165) is 6.07 Å². The van der Waals surface area contributed by atoms with Gasteiger partial charge in [-0.3, -0.25) is 9.59 Å². The van der Waals surface area contributed by atoms with Crippen LogP contribution in [0.5, 0.6) is 0 Å². The van der Waals surface area contributed by atoms with Gasteiger partial charge in [-0.15, -0.1) is 0 Å². The van der Waals surface area contributed by atoms with Gasteiger partial charge in [-0.1, -0.05) is 23.2 Å². The maximum Gasteiger partial charge on any atom is 0.258 e. The Kier molecular flexibility index (Phi) is 5.80. The molecule has 0 saturated carbocycles. The van der Waals surface area contributed by atoms with Crippen molar-refractivity contribution in [2.75, 3.05) is 5.32 Å². The van der Waals surface area contributed by atoms with Gasteiger partial charge in [-0.25, -0.2) is 4.39 Å². The highest BCUT2D eigenvalue weighted by atomic mass is 35.5. The predicted molar refractivity (Wildman–Crippen MR) is 93.4 cm³/mol. The van der Waals surface area contributed by atoms with Crippen LogP contribution in [0.1, 0.15) is 34.6 Å². The number of carbonyl (C=O) groups is 2. The molecule has 0 fully saturated rings. The SMILES string of the molecule is CC(C)NC(=O)c1ccc(Cl)c(NC(=O)c2cc(Cl)ccc2F)c1. The van der Waals surface area contributed by atoms with Crippen LogP contribution in [0.15, 0.2) is 36.4 Å². The zero-order valence-corrected chi connectivity index (χ0v) is 14.5. The monoisotopic (exact) mass is 368 g/mol. The first-order valence-electron chi connectivity index (χ1n) is 7.14. The van der Waals surface area contributed by atoms with Gasteiger partial charge >= 0.3 is 0 Å². The summed E-state index contributed by atoms with van der Waals surface area (Å²) < 4.78 is 13.8. The third-order valence-electron chi connectivity index (χ3n) is 3.07. The van der Waals surface area contributed by atoms with Crippen molar-refractivity contribution in [3.63, 3.8) is 0 Å². The second kappa shape index (κ2) is 7.64. The van der Waals surface area contributed by atoms with E-state index in [1.165, 1.54) is 30.3 Å². The molecule has 24 heavy (non-hydrogen) atoms. The first-order valence-corrected chi connectivity index (χ1v) is 7.90. The Labute approximate surface area is 149 Å². The predicted octanol–water partition coefficient (Wildman–Crippen LogP) is 4.52. The van der Waals surface area contributed by atoms with Crippen molar-refractivity contribution in [1.29, 1.82) is 0 Å². The molecule has 0 unspecified atom stereocenters. The van der Waals surface area contributed by atoms with Crippen molar-refractivity contribution in [2.24, 2.45) is 0 Å². The average Bonchev–Trinajstić information content (AvgIpc) is 2.51. The molecule has 0 aliphatic heterocycles. The highest BCUT2D eigenvalue weighted by Crippen LogP contribution is 2.25. The van der Waals surface area contributed by atoms with Crippen LogP contribution in [0.4, 0.5) is 10.1 Å². The Hall–Kier alpha value is -2.11. The lowest BCUT2D eigenvalue weighted by Gasteiger charge is -2.12. The minimum Gasteiger partial charge on any atom is -0.350 e. The molecular formula is C17H15Cl2FN2O2. The number of anilines is 1. The topological polar surface area (TPSA) is 58.2 Å². The Morgan fingerprint density at radius 3 is 2.42 bits per heavy atom. The lowest BCUT2D eigenvalue weighted by Crippen LogP contribution is -2.30. The van der Waals surface area contributed by atoms with Gasteiger partial charge in [0.15, 0.2) is 0 Å². The van der Waals surface area contributed by atoms with Gasteiger partial charge in [0.05, 0.1) is 16.3 Å². The molecule has 7 heteroatoms. The van der Waals surface area contributed by atoms with E-state index in [9.17, 15) is 14.0 Å². The number of nitrogens with one attached hydrogen (secondary N) is 2. The second-order valence-corrected chi connectivity index (χ2v) is 6.24. The Bertz CT molecular complexity index is 794. The summed E-state index contributed by atoms with van der Waals surface area (Å²) in [5, 5.41) is 5.69. The normalized spacial score (nSPS) is 10.6. The van der Waals surface area contributed by atoms with Gasteiger partial charge in [0, 0.05) is 16.6 Å². The molecule has 0 aliphatic carbocycles. The van der Waals surface area contributed by atoms with Crippen LogP contribution in [0.2, 0.25) is 10.0 Å². The zero-order chi connectivity index (χ0) is 17.9. The van der Waals surface area contributed by atoms with Crippen LogP contribution in [0, 0.1) is 5.82 Å². The molecule has 0 bridgehead atoms. The molecule has 0 heterocycles. The summed E-state index contributed by atoms with van der Waals surface area (Å²) in [6, 6.07) is 8.08. The summed E-state index contributed by atoms with van der Waals surface area (Å²) in [5.74, 6) is -1.72. The van der Waals surface area contributed by atoms with Crippen molar-refractivity contribution >= 4 is 40.7 Å². The van der Waals surface area contributed by atoms with Crippen molar-refractivity contribution in [2.45, 2.75) is 19.9 Å². The molecule has 0 aromatic heterocycles. The molecule has 2 aromatic rings. The Balaban J connectivity index is 2.27. The molecule has 0 radical (unpaired) electrons. The molecule has 0 aliphatic rings.